The number of imidazole rings is 1. The molecule has 5 rings (SSSR count). The molecule has 0 aliphatic carbocycles. The summed E-state index contributed by atoms with van der Waals surface area (Å²) in [5.74, 6) is 3.04. The van der Waals surface area contributed by atoms with E-state index in [2.05, 4.69) is 43.8 Å². The molecule has 10 nitrogen and oxygen atoms in total. The fourth-order valence-electron chi connectivity index (χ4n) is 4.35. The molecule has 0 saturated carbocycles. The first kappa shape index (κ1) is 23.7. The summed E-state index contributed by atoms with van der Waals surface area (Å²) in [7, 11) is 3.27. The maximum atomic E-state index is 6.18. The van der Waals surface area contributed by atoms with Crippen molar-refractivity contribution >= 4 is 34.6 Å². The molecular weight excluding hydrogens is 458 g/mol. The van der Waals surface area contributed by atoms with Crippen molar-refractivity contribution in [2.24, 2.45) is 0 Å². The lowest BCUT2D eigenvalue weighted by molar-refractivity contribution is 0.122. The third-order valence-corrected chi connectivity index (χ3v) is 6.28. The second kappa shape index (κ2) is 10.3. The Balaban J connectivity index is 1.54. The predicted octanol–water partition coefficient (Wildman–Crippen LogP) is 3.56. The number of nitrogens with zero attached hydrogens (tertiary/aromatic N) is 5. The molecule has 0 atom stereocenters. The van der Waals surface area contributed by atoms with Gasteiger partial charge in [0.2, 0.25) is 11.9 Å². The summed E-state index contributed by atoms with van der Waals surface area (Å²) < 4.78 is 18.5. The fourth-order valence-corrected chi connectivity index (χ4v) is 4.35. The second-order valence-corrected chi connectivity index (χ2v) is 8.69. The molecule has 0 spiro atoms. The van der Waals surface area contributed by atoms with E-state index >= 15 is 0 Å². The van der Waals surface area contributed by atoms with Crippen LogP contribution in [0.15, 0.2) is 42.5 Å². The Morgan fingerprint density at radius 3 is 2.44 bits per heavy atom. The van der Waals surface area contributed by atoms with E-state index in [-0.39, 0.29) is 5.95 Å². The molecule has 0 amide bonds. The van der Waals surface area contributed by atoms with Crippen molar-refractivity contribution in [3.05, 3.63) is 53.6 Å². The molecular formula is C26H31N7O3. The largest absolute Gasteiger partial charge is 0.493 e. The van der Waals surface area contributed by atoms with Crippen molar-refractivity contribution in [3.63, 3.8) is 0 Å². The van der Waals surface area contributed by atoms with Crippen LogP contribution in [-0.4, -0.2) is 60.0 Å². The van der Waals surface area contributed by atoms with Crippen molar-refractivity contribution < 1.29 is 14.2 Å². The number of anilines is 4. The summed E-state index contributed by atoms with van der Waals surface area (Å²) in [5, 5.41) is 3.47. The van der Waals surface area contributed by atoms with E-state index in [1.54, 1.807) is 14.2 Å². The molecule has 1 saturated heterocycles. The molecule has 188 valence electrons. The van der Waals surface area contributed by atoms with Gasteiger partial charge in [-0.05, 0) is 43.2 Å². The van der Waals surface area contributed by atoms with Crippen molar-refractivity contribution in [2.75, 3.05) is 56.5 Å². The minimum absolute atomic E-state index is 0.221. The summed E-state index contributed by atoms with van der Waals surface area (Å²) in [6, 6.07) is 14.2. The Morgan fingerprint density at radius 2 is 1.72 bits per heavy atom. The molecule has 0 unspecified atom stereocenters. The molecule has 2 aromatic carbocycles. The van der Waals surface area contributed by atoms with Crippen LogP contribution < -0.4 is 25.4 Å². The molecule has 1 aliphatic heterocycles. The van der Waals surface area contributed by atoms with Crippen LogP contribution in [0.1, 0.15) is 11.1 Å². The Kier molecular flexibility index (Phi) is 6.77. The minimum Gasteiger partial charge on any atom is -0.493 e. The van der Waals surface area contributed by atoms with Crippen LogP contribution in [0.3, 0.4) is 0 Å². The first-order valence-corrected chi connectivity index (χ1v) is 12.0. The summed E-state index contributed by atoms with van der Waals surface area (Å²) in [4.78, 5) is 16.3. The van der Waals surface area contributed by atoms with Crippen LogP contribution in [0.2, 0.25) is 0 Å². The maximum absolute atomic E-state index is 6.18. The van der Waals surface area contributed by atoms with Gasteiger partial charge in [0.15, 0.2) is 28.5 Å². The van der Waals surface area contributed by atoms with E-state index < -0.39 is 0 Å². The molecule has 4 aromatic rings. The SMILES string of the molecule is COc1ccc(CCn2c(Nc3ccc(C)cc3)nc3c(N4CCOCC4)nc(N)nc32)cc1OC. The average molecular weight is 490 g/mol. The normalized spacial score (nSPS) is 13.7. The molecule has 36 heavy (non-hydrogen) atoms. The molecule has 3 heterocycles. The van der Waals surface area contributed by atoms with Crippen molar-refractivity contribution in [2.45, 2.75) is 19.9 Å². The summed E-state index contributed by atoms with van der Waals surface area (Å²) >= 11 is 0. The quantitative estimate of drug-likeness (QED) is 0.384. The maximum Gasteiger partial charge on any atom is 0.224 e. The van der Waals surface area contributed by atoms with Crippen molar-refractivity contribution in [1.82, 2.24) is 19.5 Å². The average Bonchev–Trinajstić information content (AvgIpc) is 3.25. The van der Waals surface area contributed by atoms with Crippen molar-refractivity contribution in [1.29, 1.82) is 0 Å². The highest BCUT2D eigenvalue weighted by molar-refractivity contribution is 5.87. The number of nitrogen functional groups attached to an aromatic ring is 1. The Morgan fingerprint density at radius 1 is 0.972 bits per heavy atom. The highest BCUT2D eigenvalue weighted by Gasteiger charge is 2.23. The lowest BCUT2D eigenvalue weighted by atomic mass is 10.1. The minimum atomic E-state index is 0.221. The van der Waals surface area contributed by atoms with Gasteiger partial charge in [-0.15, -0.1) is 0 Å². The van der Waals surface area contributed by atoms with Gasteiger partial charge in [-0.1, -0.05) is 23.8 Å². The van der Waals surface area contributed by atoms with E-state index in [0.29, 0.717) is 48.4 Å². The molecule has 0 bridgehead atoms. The fraction of sp³-hybridized carbons (Fsp3) is 0.346. The van der Waals surface area contributed by atoms with Gasteiger partial charge in [0, 0.05) is 25.3 Å². The lowest BCUT2D eigenvalue weighted by Crippen LogP contribution is -2.37. The third kappa shape index (κ3) is 4.85. The smallest absolute Gasteiger partial charge is 0.224 e. The van der Waals surface area contributed by atoms with Gasteiger partial charge in [0.05, 0.1) is 27.4 Å². The van der Waals surface area contributed by atoms with Crippen LogP contribution >= 0.6 is 0 Å². The van der Waals surface area contributed by atoms with Gasteiger partial charge >= 0.3 is 0 Å². The molecule has 10 heteroatoms. The number of ether oxygens (including phenoxy) is 3. The molecule has 0 radical (unpaired) electrons. The number of hydrogen-bond donors (Lipinski definition) is 2. The molecule has 2 aromatic heterocycles. The van der Waals surface area contributed by atoms with Gasteiger partial charge in [-0.3, -0.25) is 4.57 Å². The number of fused-ring (bicyclic) bond motifs is 1. The number of nitrogens with one attached hydrogen (secondary N) is 1. The van der Waals surface area contributed by atoms with Gasteiger partial charge < -0.3 is 30.2 Å². The van der Waals surface area contributed by atoms with Crippen molar-refractivity contribution in [3.8, 4) is 11.5 Å². The number of morpholine rings is 1. The summed E-state index contributed by atoms with van der Waals surface area (Å²) in [6.07, 6.45) is 0.727. The zero-order valence-electron chi connectivity index (χ0n) is 20.8. The van der Waals surface area contributed by atoms with Crippen LogP contribution in [-0.2, 0) is 17.7 Å². The zero-order valence-corrected chi connectivity index (χ0v) is 20.8. The molecule has 1 aliphatic rings. The lowest BCUT2D eigenvalue weighted by Gasteiger charge is -2.27. The number of benzene rings is 2. The molecule has 1 fully saturated rings. The highest BCUT2D eigenvalue weighted by atomic mass is 16.5. The van der Waals surface area contributed by atoms with Gasteiger partial charge in [0.25, 0.3) is 0 Å². The number of hydrogen-bond acceptors (Lipinski definition) is 9. The van der Waals surface area contributed by atoms with E-state index in [4.69, 9.17) is 24.9 Å². The summed E-state index contributed by atoms with van der Waals surface area (Å²) in [5.41, 5.74) is 10.8. The van der Waals surface area contributed by atoms with Crippen LogP contribution in [0.4, 0.5) is 23.4 Å². The van der Waals surface area contributed by atoms with Gasteiger partial charge in [-0.2, -0.15) is 9.97 Å². The van der Waals surface area contributed by atoms with Crippen LogP contribution in [0.5, 0.6) is 11.5 Å². The van der Waals surface area contributed by atoms with Crippen LogP contribution in [0.25, 0.3) is 11.2 Å². The number of nitrogens with two attached hydrogens (primary N) is 1. The summed E-state index contributed by atoms with van der Waals surface area (Å²) in [6.45, 7) is 5.42. The first-order valence-electron chi connectivity index (χ1n) is 12.0. The number of aromatic nitrogens is 4. The van der Waals surface area contributed by atoms with Gasteiger partial charge in [-0.25, -0.2) is 4.98 Å². The Hall–Kier alpha value is -4.05. The van der Waals surface area contributed by atoms with E-state index in [1.165, 1.54) is 5.56 Å². The number of methoxy groups -OCH3 is 2. The standard InChI is InChI=1S/C26H31N7O3/c1-17-4-7-19(8-5-17)28-26-29-22-23(32-12-14-36-15-13-32)30-25(27)31-24(22)33(26)11-10-18-6-9-20(34-2)21(16-18)35-3/h4-9,16H,10-15H2,1-3H3,(H,28,29)(H2,27,30,31). The van der Waals surface area contributed by atoms with Crippen LogP contribution in [0, 0.1) is 6.92 Å². The second-order valence-electron chi connectivity index (χ2n) is 8.69. The topological polar surface area (TPSA) is 113 Å². The van der Waals surface area contributed by atoms with E-state index in [1.807, 2.05) is 30.3 Å². The van der Waals surface area contributed by atoms with E-state index in [9.17, 15) is 0 Å². The highest BCUT2D eigenvalue weighted by Crippen LogP contribution is 2.31. The van der Waals surface area contributed by atoms with E-state index in [0.717, 1.165) is 36.6 Å². The Bertz CT molecular complexity index is 1350. The third-order valence-electron chi connectivity index (χ3n) is 6.28. The van der Waals surface area contributed by atoms with Gasteiger partial charge in [0.1, 0.15) is 0 Å². The number of rotatable bonds is 8. The monoisotopic (exact) mass is 489 g/mol. The zero-order chi connectivity index (χ0) is 25.1. The number of aryl methyl sites for hydroxylation is 3. The first-order chi connectivity index (χ1) is 17.6. The Labute approximate surface area is 210 Å². The predicted molar refractivity (Wildman–Crippen MR) is 140 cm³/mol. The molecule has 3 N–H and O–H groups in total.